The van der Waals surface area contributed by atoms with Crippen molar-refractivity contribution < 1.29 is 22.1 Å². The molecular weight excluding hydrogens is 306 g/mol. The Labute approximate surface area is 130 Å². The van der Waals surface area contributed by atoms with Crippen LogP contribution in [0.3, 0.4) is 0 Å². The molecule has 22 heavy (non-hydrogen) atoms. The Morgan fingerprint density at radius 1 is 1.41 bits per heavy atom. The molecule has 120 valence electrons. The van der Waals surface area contributed by atoms with Crippen molar-refractivity contribution in [2.24, 2.45) is 5.73 Å². The molecule has 1 saturated carbocycles. The van der Waals surface area contributed by atoms with E-state index in [1.807, 2.05) is 6.92 Å². The number of hydrogen-bond donors (Lipinski definition) is 1. The lowest BCUT2D eigenvalue weighted by Crippen LogP contribution is -2.44. The topological polar surface area (TPSA) is 95.7 Å². The maximum atomic E-state index is 12.3. The number of nitrogens with two attached hydrogens (primary N) is 1. The second-order valence-electron chi connectivity index (χ2n) is 5.31. The summed E-state index contributed by atoms with van der Waals surface area (Å²) in [5.41, 5.74) is 3.87. The molecule has 0 bridgehead atoms. The van der Waals surface area contributed by atoms with Crippen molar-refractivity contribution in [2.75, 3.05) is 6.61 Å². The van der Waals surface area contributed by atoms with Gasteiger partial charge in [-0.15, -0.1) is 6.58 Å². The van der Waals surface area contributed by atoms with Gasteiger partial charge < -0.3 is 10.5 Å². The zero-order chi connectivity index (χ0) is 16.6. The second-order valence-corrected chi connectivity index (χ2v) is 6.86. The summed E-state index contributed by atoms with van der Waals surface area (Å²) in [6.07, 6.45) is 1.25. The van der Waals surface area contributed by atoms with Crippen molar-refractivity contribution >= 4 is 16.1 Å². The van der Waals surface area contributed by atoms with Crippen molar-refractivity contribution in [3.8, 4) is 0 Å². The molecule has 0 aliphatic heterocycles. The van der Waals surface area contributed by atoms with Crippen molar-refractivity contribution in [3.05, 3.63) is 42.5 Å². The number of carbonyl (C=O) groups is 1. The van der Waals surface area contributed by atoms with Crippen LogP contribution in [0.25, 0.3) is 0 Å². The van der Waals surface area contributed by atoms with Gasteiger partial charge in [-0.05, 0) is 26.0 Å². The van der Waals surface area contributed by atoms with Crippen LogP contribution in [0, 0.1) is 6.92 Å². The molecular formula is C15H19NO5S. The lowest BCUT2D eigenvalue weighted by Gasteiger charge is -2.18. The highest BCUT2D eigenvalue weighted by Crippen LogP contribution is 2.52. The first-order chi connectivity index (χ1) is 10.2. The standard InChI is InChI=1S/C15H19NO5S/c1-4-14(10-15(14,16)13(17)20-5-2)21-22(18,19)12-8-6-11(3)7-9-12/h4,6-9H,1,5,10,16H2,2-3H3/t14-,15+/m1/s1. The molecule has 0 heterocycles. The SMILES string of the molecule is C=C[C@@]1(OS(=O)(=O)c2ccc(C)cc2)C[C@]1(N)C(=O)OCC. The molecule has 1 aliphatic carbocycles. The van der Waals surface area contributed by atoms with E-state index in [1.54, 1.807) is 19.1 Å². The fourth-order valence-corrected chi connectivity index (χ4v) is 3.45. The summed E-state index contributed by atoms with van der Waals surface area (Å²) in [5.74, 6) is -0.700. The number of ether oxygens (including phenoxy) is 1. The van der Waals surface area contributed by atoms with Crippen LogP contribution in [0.2, 0.25) is 0 Å². The minimum Gasteiger partial charge on any atom is -0.465 e. The fraction of sp³-hybridized carbons (Fsp3) is 0.400. The van der Waals surface area contributed by atoms with E-state index in [-0.39, 0.29) is 17.9 Å². The van der Waals surface area contributed by atoms with Crippen LogP contribution in [-0.4, -0.2) is 32.1 Å². The van der Waals surface area contributed by atoms with Gasteiger partial charge in [0.05, 0.1) is 11.5 Å². The molecule has 0 saturated heterocycles. The number of hydrogen-bond acceptors (Lipinski definition) is 6. The number of benzene rings is 1. The molecule has 6 nitrogen and oxygen atoms in total. The molecule has 2 rings (SSSR count). The summed E-state index contributed by atoms with van der Waals surface area (Å²) in [6.45, 7) is 7.18. The highest BCUT2D eigenvalue weighted by atomic mass is 32.2. The maximum absolute atomic E-state index is 12.3. The van der Waals surface area contributed by atoms with Gasteiger partial charge in [-0.25, -0.2) is 4.79 Å². The maximum Gasteiger partial charge on any atom is 0.329 e. The average molecular weight is 325 g/mol. The number of esters is 1. The van der Waals surface area contributed by atoms with Crippen LogP contribution in [0.4, 0.5) is 0 Å². The molecule has 2 atom stereocenters. The van der Waals surface area contributed by atoms with E-state index in [9.17, 15) is 13.2 Å². The Bertz CT molecular complexity index is 697. The van der Waals surface area contributed by atoms with Gasteiger partial charge in [0.1, 0.15) is 5.60 Å². The third kappa shape index (κ3) is 2.67. The third-order valence-electron chi connectivity index (χ3n) is 3.71. The van der Waals surface area contributed by atoms with E-state index in [2.05, 4.69) is 6.58 Å². The number of rotatable bonds is 6. The molecule has 7 heteroatoms. The summed E-state index contributed by atoms with van der Waals surface area (Å²) < 4.78 is 34.8. The monoisotopic (exact) mass is 325 g/mol. The molecule has 0 aromatic heterocycles. The first kappa shape index (κ1) is 16.7. The number of carbonyl (C=O) groups excluding carboxylic acids is 1. The molecule has 1 aromatic rings. The predicted octanol–water partition coefficient (Wildman–Crippen LogP) is 1.29. The quantitative estimate of drug-likeness (QED) is 0.481. The van der Waals surface area contributed by atoms with Gasteiger partial charge in [-0.2, -0.15) is 8.42 Å². The van der Waals surface area contributed by atoms with E-state index in [0.29, 0.717) is 0 Å². The Kier molecular flexibility index (Phi) is 4.16. The van der Waals surface area contributed by atoms with Gasteiger partial charge >= 0.3 is 5.97 Å². The molecule has 0 spiro atoms. The van der Waals surface area contributed by atoms with E-state index in [4.69, 9.17) is 14.7 Å². The first-order valence-corrected chi connectivity index (χ1v) is 8.23. The van der Waals surface area contributed by atoms with Crippen LogP contribution in [0.1, 0.15) is 18.9 Å². The molecule has 0 radical (unpaired) electrons. The predicted molar refractivity (Wildman–Crippen MR) is 80.5 cm³/mol. The van der Waals surface area contributed by atoms with Gasteiger partial charge in [0.15, 0.2) is 5.54 Å². The zero-order valence-electron chi connectivity index (χ0n) is 12.5. The smallest absolute Gasteiger partial charge is 0.329 e. The van der Waals surface area contributed by atoms with E-state index in [1.165, 1.54) is 18.2 Å². The van der Waals surface area contributed by atoms with Gasteiger partial charge in [-0.1, -0.05) is 23.8 Å². The Balaban J connectivity index is 2.27. The van der Waals surface area contributed by atoms with E-state index in [0.717, 1.165) is 5.56 Å². The van der Waals surface area contributed by atoms with Crippen LogP contribution in [0.5, 0.6) is 0 Å². The molecule has 2 N–H and O–H groups in total. The van der Waals surface area contributed by atoms with Crippen LogP contribution in [-0.2, 0) is 23.8 Å². The molecule has 1 aromatic carbocycles. The van der Waals surface area contributed by atoms with E-state index < -0.39 is 27.2 Å². The van der Waals surface area contributed by atoms with Crippen molar-refractivity contribution in [3.63, 3.8) is 0 Å². The summed E-state index contributed by atoms with van der Waals surface area (Å²) in [5, 5.41) is 0. The van der Waals surface area contributed by atoms with Gasteiger partial charge in [0.2, 0.25) is 0 Å². The van der Waals surface area contributed by atoms with Crippen LogP contribution >= 0.6 is 0 Å². The lowest BCUT2D eigenvalue weighted by atomic mass is 10.2. The van der Waals surface area contributed by atoms with Gasteiger partial charge in [0.25, 0.3) is 10.1 Å². The minimum atomic E-state index is -4.06. The summed E-state index contributed by atoms with van der Waals surface area (Å²) in [4.78, 5) is 11.9. The Hall–Kier alpha value is -1.70. The largest absolute Gasteiger partial charge is 0.465 e. The summed E-state index contributed by atoms with van der Waals surface area (Å²) >= 11 is 0. The summed E-state index contributed by atoms with van der Waals surface area (Å²) in [7, 11) is -4.06. The Morgan fingerprint density at radius 2 is 2.00 bits per heavy atom. The highest BCUT2D eigenvalue weighted by molar-refractivity contribution is 7.86. The third-order valence-corrected chi connectivity index (χ3v) is 5.08. The van der Waals surface area contributed by atoms with Gasteiger partial charge in [0, 0.05) is 6.42 Å². The minimum absolute atomic E-state index is 0.00238. The van der Waals surface area contributed by atoms with Crippen molar-refractivity contribution in [1.82, 2.24) is 0 Å². The normalized spacial score (nSPS) is 27.2. The molecule has 1 aliphatic rings. The Morgan fingerprint density at radius 3 is 2.50 bits per heavy atom. The van der Waals surface area contributed by atoms with Crippen LogP contribution < -0.4 is 5.73 Å². The first-order valence-electron chi connectivity index (χ1n) is 6.83. The van der Waals surface area contributed by atoms with Crippen molar-refractivity contribution in [1.29, 1.82) is 0 Å². The number of aryl methyl sites for hydroxylation is 1. The summed E-state index contributed by atoms with van der Waals surface area (Å²) in [6, 6.07) is 6.19. The average Bonchev–Trinajstić information content (AvgIpc) is 3.05. The van der Waals surface area contributed by atoms with E-state index >= 15 is 0 Å². The van der Waals surface area contributed by atoms with Crippen LogP contribution in [0.15, 0.2) is 41.8 Å². The lowest BCUT2D eigenvalue weighted by molar-refractivity contribution is -0.147. The van der Waals surface area contributed by atoms with Crippen molar-refractivity contribution in [2.45, 2.75) is 36.3 Å². The van der Waals surface area contributed by atoms with Gasteiger partial charge in [-0.3, -0.25) is 4.18 Å². The zero-order valence-corrected chi connectivity index (χ0v) is 13.4. The molecule has 0 unspecified atom stereocenters. The molecule has 1 fully saturated rings. The molecule has 0 amide bonds. The highest BCUT2D eigenvalue weighted by Gasteiger charge is 2.73. The second kappa shape index (κ2) is 5.49. The fourth-order valence-electron chi connectivity index (χ4n) is 2.22.